The number of furan rings is 1. The molecule has 3 heterocycles. The van der Waals surface area contributed by atoms with Gasteiger partial charge in [-0.1, -0.05) is 152 Å². The van der Waals surface area contributed by atoms with E-state index in [1.165, 1.54) is 66.6 Å². The highest BCUT2D eigenvalue weighted by Gasteiger charge is 2.37. The monoisotopic (exact) mass is 804 g/mol. The second-order valence-corrected chi connectivity index (χ2v) is 16.9. The van der Waals surface area contributed by atoms with Gasteiger partial charge in [-0.05, 0) is 129 Å². The van der Waals surface area contributed by atoms with E-state index in [1.807, 2.05) is 0 Å². The molecule has 1 aliphatic heterocycles. The fraction of sp³-hybridized carbons (Fsp3) is 0.0333. The molecule has 13 rings (SSSR count). The first-order valence-electron chi connectivity index (χ1n) is 21.8. The highest BCUT2D eigenvalue weighted by atomic mass is 16.3. The largest absolute Gasteiger partial charge is 0.456 e. The van der Waals surface area contributed by atoms with E-state index in [-0.39, 0.29) is 12.0 Å². The van der Waals surface area contributed by atoms with Gasteiger partial charge in [0, 0.05) is 44.5 Å². The van der Waals surface area contributed by atoms with Gasteiger partial charge in [0.2, 0.25) is 0 Å². The predicted molar refractivity (Wildman–Crippen MR) is 263 cm³/mol. The van der Waals surface area contributed by atoms with E-state index >= 15 is 0 Å². The quantitative estimate of drug-likeness (QED) is 0.167. The summed E-state index contributed by atoms with van der Waals surface area (Å²) in [6.07, 6.45) is 9.09. The Kier molecular flexibility index (Phi) is 8.04. The van der Waals surface area contributed by atoms with Crippen molar-refractivity contribution in [3.63, 3.8) is 0 Å². The Balaban J connectivity index is 0.866. The molecule has 2 aliphatic rings. The van der Waals surface area contributed by atoms with E-state index < -0.39 is 0 Å². The Morgan fingerprint density at radius 1 is 0.349 bits per heavy atom. The number of benzene rings is 9. The highest BCUT2D eigenvalue weighted by molar-refractivity contribution is 6.11. The number of fused-ring (bicyclic) bond motifs is 9. The maximum Gasteiger partial charge on any atom is 0.135 e. The van der Waals surface area contributed by atoms with Crippen LogP contribution in [-0.2, 0) is 0 Å². The molecule has 0 saturated heterocycles. The van der Waals surface area contributed by atoms with Crippen LogP contribution in [0.15, 0.2) is 235 Å². The molecular weight excluding hydrogens is 765 g/mol. The van der Waals surface area contributed by atoms with Gasteiger partial charge in [-0.15, -0.1) is 0 Å². The first kappa shape index (κ1) is 35.6. The molecule has 2 unspecified atom stereocenters. The van der Waals surface area contributed by atoms with Gasteiger partial charge in [-0.3, -0.25) is 0 Å². The Morgan fingerprint density at radius 2 is 0.873 bits per heavy atom. The fourth-order valence-electron chi connectivity index (χ4n) is 10.3. The van der Waals surface area contributed by atoms with Gasteiger partial charge in [-0.2, -0.15) is 0 Å². The number of allylic oxidation sites excluding steroid dienone is 2. The van der Waals surface area contributed by atoms with Crippen molar-refractivity contribution in [1.82, 2.24) is 4.57 Å². The molecule has 0 N–H and O–H groups in total. The zero-order valence-electron chi connectivity index (χ0n) is 34.4. The number of nitrogens with zero attached hydrogens (tertiary/aromatic N) is 2. The lowest BCUT2D eigenvalue weighted by Gasteiger charge is -2.29. The van der Waals surface area contributed by atoms with E-state index in [0.717, 1.165) is 44.3 Å². The molecule has 0 fully saturated rings. The minimum absolute atomic E-state index is 0.214. The molecular formula is C60H40N2O. The first-order chi connectivity index (χ1) is 31.2. The van der Waals surface area contributed by atoms with E-state index in [9.17, 15) is 0 Å². The maximum absolute atomic E-state index is 6.47. The van der Waals surface area contributed by atoms with Crippen LogP contribution >= 0.6 is 0 Å². The van der Waals surface area contributed by atoms with Crippen LogP contribution in [0, 0.1) is 0 Å². The zero-order chi connectivity index (χ0) is 41.4. The minimum atomic E-state index is 0.214. The Hall–Kier alpha value is -8.14. The van der Waals surface area contributed by atoms with E-state index in [1.54, 1.807) is 0 Å². The van der Waals surface area contributed by atoms with Crippen molar-refractivity contribution >= 4 is 55.1 Å². The number of rotatable bonds is 6. The predicted octanol–water partition coefficient (Wildman–Crippen LogP) is 16.1. The molecule has 0 saturated carbocycles. The third kappa shape index (κ3) is 5.81. The normalized spacial score (nSPS) is 15.5. The SMILES string of the molecule is C1=CC2c3cc(-c4ccccc4)ccc3N(c3cccc(-c4ccc5oc6ccc(-c7cccc(-n8c9ccccc9c9cc(-c%10ccccc%10)ccc98)c7)cc6c5c4)c3)C2C=C1. The van der Waals surface area contributed by atoms with Gasteiger partial charge in [-0.25, -0.2) is 0 Å². The standard InChI is InChI=1S/C60H40N2O/c1-3-13-39(14-4-1)43-25-29-57-51(35-43)49-21-7-9-23-55(49)61(57)47-19-11-17-41(33-47)45-27-31-59-53(37-45)54-38-46(28-32-60(54)63-59)42-18-12-20-48(34-42)62-56-24-10-8-22-50(56)52-36-44(26-30-58(52)62)40-15-5-2-6-16-40/h1-38,49,55H. The molecule has 0 bridgehead atoms. The second kappa shape index (κ2) is 14.2. The summed E-state index contributed by atoms with van der Waals surface area (Å²) in [5, 5.41) is 4.72. The molecule has 0 radical (unpaired) electrons. The van der Waals surface area contributed by atoms with Crippen LogP contribution in [-0.4, -0.2) is 10.6 Å². The summed E-state index contributed by atoms with van der Waals surface area (Å²) >= 11 is 0. The molecule has 9 aromatic carbocycles. The number of aromatic nitrogens is 1. The lowest BCUT2D eigenvalue weighted by Crippen LogP contribution is -2.28. The van der Waals surface area contributed by atoms with E-state index in [0.29, 0.717) is 0 Å². The summed E-state index contributed by atoms with van der Waals surface area (Å²) < 4.78 is 8.88. The molecule has 2 atom stereocenters. The number of hydrogen-bond acceptors (Lipinski definition) is 2. The van der Waals surface area contributed by atoms with Gasteiger partial charge in [0.25, 0.3) is 0 Å². The third-order valence-corrected chi connectivity index (χ3v) is 13.3. The third-order valence-electron chi connectivity index (χ3n) is 13.3. The van der Waals surface area contributed by atoms with Crippen molar-refractivity contribution in [2.24, 2.45) is 0 Å². The Morgan fingerprint density at radius 3 is 1.60 bits per heavy atom. The molecule has 296 valence electrons. The van der Waals surface area contributed by atoms with Crippen molar-refractivity contribution in [1.29, 1.82) is 0 Å². The topological polar surface area (TPSA) is 21.3 Å². The van der Waals surface area contributed by atoms with Crippen molar-refractivity contribution in [2.45, 2.75) is 12.0 Å². The van der Waals surface area contributed by atoms with Crippen LogP contribution in [0.25, 0.3) is 93.9 Å². The highest BCUT2D eigenvalue weighted by Crippen LogP contribution is 2.49. The van der Waals surface area contributed by atoms with Crippen molar-refractivity contribution in [2.75, 3.05) is 4.90 Å². The van der Waals surface area contributed by atoms with Crippen LogP contribution < -0.4 is 4.90 Å². The maximum atomic E-state index is 6.47. The van der Waals surface area contributed by atoms with E-state index in [4.69, 9.17) is 4.42 Å². The number of hydrogen-bond donors (Lipinski definition) is 0. The summed E-state index contributed by atoms with van der Waals surface area (Å²) in [5.74, 6) is 0.288. The second-order valence-electron chi connectivity index (χ2n) is 16.9. The Bertz CT molecular complexity index is 3650. The van der Waals surface area contributed by atoms with Crippen LogP contribution in [0.1, 0.15) is 11.5 Å². The van der Waals surface area contributed by atoms with Gasteiger partial charge < -0.3 is 13.9 Å². The molecule has 3 heteroatoms. The minimum Gasteiger partial charge on any atom is -0.456 e. The molecule has 1 aliphatic carbocycles. The molecule has 2 aromatic heterocycles. The van der Waals surface area contributed by atoms with Gasteiger partial charge in [0.05, 0.1) is 17.1 Å². The molecule has 0 amide bonds. The molecule has 0 spiro atoms. The molecule has 63 heavy (non-hydrogen) atoms. The van der Waals surface area contributed by atoms with Crippen molar-refractivity contribution in [3.8, 4) is 50.2 Å². The van der Waals surface area contributed by atoms with Crippen LogP contribution in [0.3, 0.4) is 0 Å². The van der Waals surface area contributed by atoms with E-state index in [2.05, 4.69) is 240 Å². The van der Waals surface area contributed by atoms with Gasteiger partial charge in [0.1, 0.15) is 11.2 Å². The smallest absolute Gasteiger partial charge is 0.135 e. The molecule has 11 aromatic rings. The average molecular weight is 805 g/mol. The number of anilines is 2. The first-order valence-corrected chi connectivity index (χ1v) is 21.8. The van der Waals surface area contributed by atoms with Crippen LogP contribution in [0.4, 0.5) is 11.4 Å². The zero-order valence-corrected chi connectivity index (χ0v) is 34.4. The summed E-state index contributed by atoms with van der Waals surface area (Å²) in [6.45, 7) is 0. The Labute approximate surface area is 365 Å². The van der Waals surface area contributed by atoms with Crippen molar-refractivity contribution in [3.05, 3.63) is 236 Å². The average Bonchev–Trinajstić information content (AvgIpc) is 4.01. The van der Waals surface area contributed by atoms with Gasteiger partial charge in [0.15, 0.2) is 0 Å². The number of para-hydroxylation sites is 1. The van der Waals surface area contributed by atoms with Crippen LogP contribution in [0.2, 0.25) is 0 Å². The summed E-state index contributed by atoms with van der Waals surface area (Å²) in [5.41, 5.74) is 18.7. The summed E-state index contributed by atoms with van der Waals surface area (Å²) in [7, 11) is 0. The fourth-order valence-corrected chi connectivity index (χ4v) is 10.3. The lowest BCUT2D eigenvalue weighted by molar-refractivity contribution is 0.669. The van der Waals surface area contributed by atoms with Gasteiger partial charge >= 0.3 is 0 Å². The van der Waals surface area contributed by atoms with Crippen LogP contribution in [0.5, 0.6) is 0 Å². The lowest BCUT2D eigenvalue weighted by atomic mass is 9.90. The summed E-state index contributed by atoms with van der Waals surface area (Å²) in [4.78, 5) is 2.52. The molecule has 3 nitrogen and oxygen atoms in total. The van der Waals surface area contributed by atoms with Crippen molar-refractivity contribution < 1.29 is 4.42 Å². The summed E-state index contributed by atoms with van der Waals surface area (Å²) in [6, 6.07) is 75.3.